The van der Waals surface area contributed by atoms with E-state index in [-0.39, 0.29) is 0 Å². The molecule has 0 aromatic heterocycles. The van der Waals surface area contributed by atoms with Crippen LogP contribution in [0.3, 0.4) is 0 Å². The van der Waals surface area contributed by atoms with E-state index in [0.29, 0.717) is 6.04 Å². The third-order valence-corrected chi connectivity index (χ3v) is 3.96. The van der Waals surface area contributed by atoms with Crippen LogP contribution in [0.15, 0.2) is 24.3 Å². The summed E-state index contributed by atoms with van der Waals surface area (Å²) in [5.74, 6) is 0. The van der Waals surface area contributed by atoms with Crippen LogP contribution in [0.4, 0.5) is 0 Å². The van der Waals surface area contributed by atoms with E-state index in [0.717, 1.165) is 6.54 Å². The molecule has 1 fully saturated rings. The summed E-state index contributed by atoms with van der Waals surface area (Å²) in [6, 6.07) is 9.12. The van der Waals surface area contributed by atoms with E-state index < -0.39 is 0 Å². The van der Waals surface area contributed by atoms with Crippen molar-refractivity contribution in [1.29, 1.82) is 0 Å². The second-order valence-corrected chi connectivity index (χ2v) is 5.43. The van der Waals surface area contributed by atoms with Gasteiger partial charge in [0.2, 0.25) is 0 Å². The predicted octanol–water partition coefficient (Wildman–Crippen LogP) is 3.13. The highest BCUT2D eigenvalue weighted by atomic mass is 15.1. The van der Waals surface area contributed by atoms with Crippen LogP contribution in [-0.4, -0.2) is 31.1 Å². The van der Waals surface area contributed by atoms with Gasteiger partial charge in [-0.3, -0.25) is 0 Å². The molecule has 2 nitrogen and oxygen atoms in total. The molecule has 2 heteroatoms. The Bertz CT molecular complexity index is 356. The number of benzene rings is 1. The highest BCUT2D eigenvalue weighted by Crippen LogP contribution is 2.16. The van der Waals surface area contributed by atoms with Gasteiger partial charge in [-0.1, -0.05) is 24.3 Å². The fraction of sp³-hybridized carbons (Fsp3) is 0.625. The molecule has 1 aromatic rings. The monoisotopic (exact) mass is 246 g/mol. The lowest BCUT2D eigenvalue weighted by Gasteiger charge is -2.18. The minimum atomic E-state index is 0.463. The lowest BCUT2D eigenvalue weighted by atomic mass is 10.0. The lowest BCUT2D eigenvalue weighted by molar-refractivity contribution is 0.328. The summed E-state index contributed by atoms with van der Waals surface area (Å²) >= 11 is 0. The van der Waals surface area contributed by atoms with Crippen LogP contribution in [-0.2, 0) is 0 Å². The maximum Gasteiger partial charge on any atom is 0.0294 e. The lowest BCUT2D eigenvalue weighted by Crippen LogP contribution is -2.26. The molecule has 1 atom stereocenters. The van der Waals surface area contributed by atoms with E-state index in [4.69, 9.17) is 0 Å². The summed E-state index contributed by atoms with van der Waals surface area (Å²) in [7, 11) is 0. The maximum absolute atomic E-state index is 3.64. The quantitative estimate of drug-likeness (QED) is 0.776. The van der Waals surface area contributed by atoms with Gasteiger partial charge in [0, 0.05) is 6.04 Å². The van der Waals surface area contributed by atoms with Gasteiger partial charge in [-0.2, -0.15) is 0 Å². The molecule has 1 aromatic carbocycles. The minimum Gasteiger partial charge on any atom is -0.310 e. The van der Waals surface area contributed by atoms with Crippen molar-refractivity contribution < 1.29 is 0 Å². The molecule has 1 aliphatic heterocycles. The van der Waals surface area contributed by atoms with Gasteiger partial charge in [0.05, 0.1) is 0 Å². The summed E-state index contributed by atoms with van der Waals surface area (Å²) in [4.78, 5) is 2.58. The number of aryl methyl sites for hydroxylation is 1. The Morgan fingerprint density at radius 2 is 1.94 bits per heavy atom. The number of hydrogen-bond donors (Lipinski definition) is 1. The molecular weight excluding hydrogens is 220 g/mol. The first-order valence-corrected chi connectivity index (χ1v) is 7.28. The van der Waals surface area contributed by atoms with Crippen molar-refractivity contribution in [1.82, 2.24) is 10.2 Å². The van der Waals surface area contributed by atoms with Crippen LogP contribution in [0.1, 0.15) is 43.4 Å². The Morgan fingerprint density at radius 3 is 2.67 bits per heavy atom. The van der Waals surface area contributed by atoms with E-state index in [1.54, 1.807) is 0 Å². The van der Waals surface area contributed by atoms with Crippen LogP contribution in [0, 0.1) is 6.92 Å². The van der Waals surface area contributed by atoms with Gasteiger partial charge in [0.15, 0.2) is 0 Å². The Kier molecular flexibility index (Phi) is 5.21. The predicted molar refractivity (Wildman–Crippen MR) is 77.9 cm³/mol. The van der Waals surface area contributed by atoms with E-state index in [2.05, 4.69) is 48.3 Å². The third-order valence-electron chi connectivity index (χ3n) is 3.96. The Hall–Kier alpha value is -0.860. The largest absolute Gasteiger partial charge is 0.310 e. The second kappa shape index (κ2) is 6.91. The molecule has 0 saturated carbocycles. The molecule has 18 heavy (non-hydrogen) atoms. The average molecular weight is 246 g/mol. The number of rotatable bonds is 6. The van der Waals surface area contributed by atoms with Gasteiger partial charge in [0.25, 0.3) is 0 Å². The molecule has 0 radical (unpaired) electrons. The third kappa shape index (κ3) is 3.82. The molecule has 0 bridgehead atoms. The number of hydrogen-bond acceptors (Lipinski definition) is 2. The van der Waals surface area contributed by atoms with Crippen molar-refractivity contribution in [3.63, 3.8) is 0 Å². The second-order valence-electron chi connectivity index (χ2n) is 5.43. The molecule has 100 valence electrons. The smallest absolute Gasteiger partial charge is 0.0294 e. The molecular formula is C16H26N2. The maximum atomic E-state index is 3.64. The average Bonchev–Trinajstić information content (AvgIpc) is 2.88. The first-order valence-electron chi connectivity index (χ1n) is 7.28. The normalized spacial score (nSPS) is 18.1. The van der Waals surface area contributed by atoms with Crippen molar-refractivity contribution in [3.05, 3.63) is 35.4 Å². The van der Waals surface area contributed by atoms with Gasteiger partial charge in [-0.05, 0) is 70.4 Å². The summed E-state index contributed by atoms with van der Waals surface area (Å²) in [6.07, 6.45) is 4.05. The van der Waals surface area contributed by atoms with Gasteiger partial charge in [0.1, 0.15) is 0 Å². The first-order chi connectivity index (χ1) is 8.77. The highest BCUT2D eigenvalue weighted by Gasteiger charge is 2.11. The highest BCUT2D eigenvalue weighted by molar-refractivity contribution is 5.28. The zero-order valence-corrected chi connectivity index (χ0v) is 11.8. The summed E-state index contributed by atoms with van der Waals surface area (Å²) in [5, 5.41) is 3.64. The van der Waals surface area contributed by atoms with Gasteiger partial charge < -0.3 is 10.2 Å². The first kappa shape index (κ1) is 13.6. The molecule has 0 spiro atoms. The number of likely N-dealkylation sites (tertiary alicyclic amines) is 1. The Morgan fingerprint density at radius 1 is 1.22 bits per heavy atom. The van der Waals surface area contributed by atoms with Crippen molar-refractivity contribution in [3.8, 4) is 0 Å². The van der Waals surface area contributed by atoms with Crippen molar-refractivity contribution in [2.45, 2.75) is 39.2 Å². The number of nitrogens with one attached hydrogen (secondary N) is 1. The van der Waals surface area contributed by atoms with E-state index >= 15 is 0 Å². The van der Waals surface area contributed by atoms with Gasteiger partial charge >= 0.3 is 0 Å². The molecule has 1 heterocycles. The SMILES string of the molecule is Cc1ccccc1[C@H](C)NCCCN1CCCC1. The summed E-state index contributed by atoms with van der Waals surface area (Å²) in [5.41, 5.74) is 2.82. The van der Waals surface area contributed by atoms with Gasteiger partial charge in [-0.15, -0.1) is 0 Å². The molecule has 1 saturated heterocycles. The number of nitrogens with zero attached hydrogens (tertiary/aromatic N) is 1. The van der Waals surface area contributed by atoms with E-state index in [9.17, 15) is 0 Å². The van der Waals surface area contributed by atoms with Crippen LogP contribution in [0.2, 0.25) is 0 Å². The van der Waals surface area contributed by atoms with E-state index in [1.807, 2.05) is 0 Å². The van der Waals surface area contributed by atoms with Crippen LogP contribution < -0.4 is 5.32 Å². The van der Waals surface area contributed by atoms with Crippen LogP contribution in [0.25, 0.3) is 0 Å². The minimum absolute atomic E-state index is 0.463. The standard InChI is InChI=1S/C16H26N2/c1-14-8-3-4-9-16(14)15(2)17-10-7-13-18-11-5-6-12-18/h3-4,8-9,15,17H,5-7,10-13H2,1-2H3/t15-/m0/s1. The molecule has 0 unspecified atom stereocenters. The van der Waals surface area contributed by atoms with E-state index in [1.165, 1.54) is 50.0 Å². The molecule has 2 rings (SSSR count). The Balaban J connectivity index is 1.68. The van der Waals surface area contributed by atoms with Crippen LogP contribution >= 0.6 is 0 Å². The molecule has 0 amide bonds. The fourth-order valence-corrected chi connectivity index (χ4v) is 2.81. The fourth-order valence-electron chi connectivity index (χ4n) is 2.81. The zero-order valence-electron chi connectivity index (χ0n) is 11.8. The van der Waals surface area contributed by atoms with Crippen LogP contribution in [0.5, 0.6) is 0 Å². The molecule has 0 aliphatic carbocycles. The summed E-state index contributed by atoms with van der Waals surface area (Å²) in [6.45, 7) is 9.45. The van der Waals surface area contributed by atoms with Gasteiger partial charge in [-0.25, -0.2) is 0 Å². The van der Waals surface area contributed by atoms with Crippen molar-refractivity contribution in [2.75, 3.05) is 26.2 Å². The summed E-state index contributed by atoms with van der Waals surface area (Å²) < 4.78 is 0. The van der Waals surface area contributed by atoms with Crippen molar-refractivity contribution >= 4 is 0 Å². The topological polar surface area (TPSA) is 15.3 Å². The zero-order chi connectivity index (χ0) is 12.8. The molecule has 1 aliphatic rings. The Labute approximate surface area is 111 Å². The van der Waals surface area contributed by atoms with Crippen molar-refractivity contribution in [2.24, 2.45) is 0 Å². The molecule has 1 N–H and O–H groups in total.